The molecule has 3 rings (SSSR count). The van der Waals surface area contributed by atoms with Crippen molar-refractivity contribution in [3.8, 4) is 17.1 Å². The summed E-state index contributed by atoms with van der Waals surface area (Å²) in [6.07, 6.45) is 0. The molecule has 0 radical (unpaired) electrons. The normalized spacial score (nSPS) is 10.7. The first-order chi connectivity index (χ1) is 12.6. The van der Waals surface area contributed by atoms with Crippen LogP contribution in [0, 0.1) is 6.92 Å². The molecule has 0 bridgehead atoms. The minimum atomic E-state index is 0.00925. The number of carbonyl (C=O) groups is 1. The van der Waals surface area contributed by atoms with Gasteiger partial charge in [-0.2, -0.15) is 0 Å². The Morgan fingerprint density at radius 1 is 1.12 bits per heavy atom. The zero-order chi connectivity index (χ0) is 18.5. The second-order valence-electron chi connectivity index (χ2n) is 5.83. The summed E-state index contributed by atoms with van der Waals surface area (Å²) in [5.41, 5.74) is 2.81. The third kappa shape index (κ3) is 3.80. The molecule has 0 aliphatic heterocycles. The molecule has 134 valence electrons. The molecule has 3 aromatic rings. The molecule has 0 saturated heterocycles. The second-order valence-corrected chi connectivity index (χ2v) is 6.77. The Balaban J connectivity index is 1.78. The average molecular weight is 367 g/mol. The van der Waals surface area contributed by atoms with Gasteiger partial charge in [0.05, 0.1) is 18.4 Å². The van der Waals surface area contributed by atoms with E-state index < -0.39 is 0 Å². The Morgan fingerprint density at radius 3 is 2.54 bits per heavy atom. The number of benzene rings is 2. The highest BCUT2D eigenvalue weighted by atomic mass is 32.2. The van der Waals surface area contributed by atoms with E-state index in [4.69, 9.17) is 4.74 Å². The van der Waals surface area contributed by atoms with E-state index >= 15 is 0 Å². The van der Waals surface area contributed by atoms with Crippen LogP contribution in [0.5, 0.6) is 5.75 Å². The fraction of sp³-hybridized carbons (Fsp3) is 0.250. The van der Waals surface area contributed by atoms with E-state index in [1.165, 1.54) is 17.3 Å². The maximum absolute atomic E-state index is 12.6. The van der Waals surface area contributed by atoms with Crippen LogP contribution < -0.4 is 4.74 Å². The van der Waals surface area contributed by atoms with Crippen molar-refractivity contribution >= 4 is 17.5 Å². The summed E-state index contributed by atoms with van der Waals surface area (Å²) in [6.45, 7) is 4.84. The molecular weight excluding hydrogens is 346 g/mol. The lowest BCUT2D eigenvalue weighted by Crippen LogP contribution is -2.06. The predicted octanol–water partition coefficient (Wildman–Crippen LogP) is 4.26. The number of rotatable bonds is 7. The molecule has 0 spiro atoms. The molecular formula is C20H21N3O2S. The first-order valence-corrected chi connectivity index (χ1v) is 9.41. The lowest BCUT2D eigenvalue weighted by molar-refractivity contribution is 0.101. The van der Waals surface area contributed by atoms with Crippen LogP contribution in [0.3, 0.4) is 0 Å². The van der Waals surface area contributed by atoms with Crippen LogP contribution in [-0.4, -0.2) is 33.4 Å². The monoisotopic (exact) mass is 367 g/mol. The first kappa shape index (κ1) is 18.2. The third-order valence-corrected chi connectivity index (χ3v) is 5.05. The summed E-state index contributed by atoms with van der Waals surface area (Å²) in [5.74, 6) is 1.71. The molecule has 2 aromatic carbocycles. The molecule has 0 amide bonds. The van der Waals surface area contributed by atoms with E-state index in [-0.39, 0.29) is 11.5 Å². The molecule has 0 unspecified atom stereocenters. The molecule has 26 heavy (non-hydrogen) atoms. The zero-order valence-corrected chi connectivity index (χ0v) is 15.9. The summed E-state index contributed by atoms with van der Waals surface area (Å²) in [7, 11) is 1.57. The Bertz CT molecular complexity index is 904. The van der Waals surface area contributed by atoms with Gasteiger partial charge in [0.15, 0.2) is 16.8 Å². The van der Waals surface area contributed by atoms with Crippen molar-refractivity contribution in [1.29, 1.82) is 0 Å². The number of carbonyl (C=O) groups excluding carboxylic acids is 1. The molecule has 0 aliphatic carbocycles. The summed E-state index contributed by atoms with van der Waals surface area (Å²) in [5, 5.41) is 9.36. The van der Waals surface area contributed by atoms with Gasteiger partial charge in [-0.3, -0.25) is 4.79 Å². The number of thioether (sulfide) groups is 1. The number of aryl methyl sites for hydroxylation is 1. The van der Waals surface area contributed by atoms with Gasteiger partial charge >= 0.3 is 0 Å². The molecule has 1 heterocycles. The molecule has 5 nitrogen and oxygen atoms in total. The predicted molar refractivity (Wildman–Crippen MR) is 104 cm³/mol. The summed E-state index contributed by atoms with van der Waals surface area (Å²) in [4.78, 5) is 12.6. The zero-order valence-electron chi connectivity index (χ0n) is 15.1. The summed E-state index contributed by atoms with van der Waals surface area (Å²) < 4.78 is 7.30. The van der Waals surface area contributed by atoms with Crippen molar-refractivity contribution in [2.24, 2.45) is 0 Å². The lowest BCUT2D eigenvalue weighted by atomic mass is 10.1. The van der Waals surface area contributed by atoms with Gasteiger partial charge in [-0.1, -0.05) is 53.7 Å². The van der Waals surface area contributed by atoms with Gasteiger partial charge in [0.2, 0.25) is 0 Å². The number of ketones is 1. The molecule has 0 N–H and O–H groups in total. The topological polar surface area (TPSA) is 57.0 Å². The van der Waals surface area contributed by atoms with Gasteiger partial charge < -0.3 is 9.30 Å². The van der Waals surface area contributed by atoms with Crippen LogP contribution in [0.25, 0.3) is 11.4 Å². The number of aromatic nitrogens is 3. The van der Waals surface area contributed by atoms with Crippen molar-refractivity contribution in [3.05, 3.63) is 59.7 Å². The standard InChI is InChI=1S/C20H21N3O2S/c1-4-23-19(15-11-9-14(2)10-12-15)21-22-20(23)26-13-17(24)16-7-5-6-8-18(16)25-3/h5-12H,4,13H2,1-3H3. The van der Waals surface area contributed by atoms with Crippen molar-refractivity contribution in [1.82, 2.24) is 14.8 Å². The highest BCUT2D eigenvalue weighted by Crippen LogP contribution is 2.26. The second kappa shape index (κ2) is 8.19. The lowest BCUT2D eigenvalue weighted by Gasteiger charge is -2.09. The number of hydrogen-bond acceptors (Lipinski definition) is 5. The summed E-state index contributed by atoms with van der Waals surface area (Å²) >= 11 is 1.40. The van der Waals surface area contributed by atoms with Crippen molar-refractivity contribution in [2.45, 2.75) is 25.5 Å². The van der Waals surface area contributed by atoms with Gasteiger partial charge in [-0.25, -0.2) is 0 Å². The van der Waals surface area contributed by atoms with Gasteiger partial charge in [-0.05, 0) is 26.0 Å². The van der Waals surface area contributed by atoms with E-state index in [0.717, 1.165) is 23.1 Å². The van der Waals surface area contributed by atoms with E-state index in [9.17, 15) is 4.79 Å². The molecule has 0 aliphatic rings. The number of para-hydroxylation sites is 1. The maximum atomic E-state index is 12.6. The van der Waals surface area contributed by atoms with Crippen molar-refractivity contribution in [2.75, 3.05) is 12.9 Å². The van der Waals surface area contributed by atoms with E-state index in [2.05, 4.69) is 29.3 Å². The summed E-state index contributed by atoms with van der Waals surface area (Å²) in [6, 6.07) is 15.5. The molecule has 0 atom stereocenters. The number of methoxy groups -OCH3 is 1. The van der Waals surface area contributed by atoms with Gasteiger partial charge in [0, 0.05) is 12.1 Å². The number of hydrogen-bond donors (Lipinski definition) is 0. The minimum Gasteiger partial charge on any atom is -0.496 e. The Hall–Kier alpha value is -2.60. The van der Waals surface area contributed by atoms with Gasteiger partial charge in [0.1, 0.15) is 5.75 Å². The van der Waals surface area contributed by atoms with Crippen LogP contribution in [0.15, 0.2) is 53.7 Å². The van der Waals surface area contributed by atoms with Crippen LogP contribution >= 0.6 is 11.8 Å². The van der Waals surface area contributed by atoms with E-state index in [0.29, 0.717) is 11.3 Å². The maximum Gasteiger partial charge on any atom is 0.191 e. The SMILES string of the molecule is CCn1c(SCC(=O)c2ccccc2OC)nnc1-c1ccc(C)cc1. The smallest absolute Gasteiger partial charge is 0.191 e. The molecule has 1 aromatic heterocycles. The molecule has 0 fully saturated rings. The number of ether oxygens (including phenoxy) is 1. The van der Waals surface area contributed by atoms with Gasteiger partial charge in [0.25, 0.3) is 0 Å². The average Bonchev–Trinajstić information content (AvgIpc) is 3.09. The number of nitrogens with zero attached hydrogens (tertiary/aromatic N) is 3. The highest BCUT2D eigenvalue weighted by molar-refractivity contribution is 7.99. The highest BCUT2D eigenvalue weighted by Gasteiger charge is 2.17. The van der Waals surface area contributed by atoms with E-state index in [1.54, 1.807) is 19.2 Å². The molecule has 6 heteroatoms. The van der Waals surface area contributed by atoms with Gasteiger partial charge in [-0.15, -0.1) is 10.2 Å². The van der Waals surface area contributed by atoms with Crippen LogP contribution in [0.4, 0.5) is 0 Å². The molecule has 0 saturated carbocycles. The van der Waals surface area contributed by atoms with Crippen molar-refractivity contribution < 1.29 is 9.53 Å². The number of Topliss-reactive ketones (excluding diaryl/α,β-unsaturated/α-hetero) is 1. The van der Waals surface area contributed by atoms with Crippen LogP contribution in [0.2, 0.25) is 0 Å². The Morgan fingerprint density at radius 2 is 1.85 bits per heavy atom. The minimum absolute atomic E-state index is 0.00925. The largest absolute Gasteiger partial charge is 0.496 e. The van der Waals surface area contributed by atoms with Crippen LogP contribution in [-0.2, 0) is 6.54 Å². The fourth-order valence-corrected chi connectivity index (χ4v) is 3.57. The Kier molecular flexibility index (Phi) is 5.73. The quantitative estimate of drug-likeness (QED) is 0.461. The Labute approximate surface area is 157 Å². The first-order valence-electron chi connectivity index (χ1n) is 8.43. The third-order valence-electron chi connectivity index (χ3n) is 4.08. The van der Waals surface area contributed by atoms with Crippen LogP contribution in [0.1, 0.15) is 22.8 Å². The van der Waals surface area contributed by atoms with Crippen molar-refractivity contribution in [3.63, 3.8) is 0 Å². The fourth-order valence-electron chi connectivity index (χ4n) is 2.68. The van der Waals surface area contributed by atoms with E-state index in [1.807, 2.05) is 35.8 Å².